The van der Waals surface area contributed by atoms with E-state index in [-0.39, 0.29) is 11.9 Å². The Balaban J connectivity index is 1.62. The van der Waals surface area contributed by atoms with Gasteiger partial charge in [0.25, 0.3) is 0 Å². The Morgan fingerprint density at radius 3 is 2.38 bits per heavy atom. The fourth-order valence-corrected chi connectivity index (χ4v) is 3.84. The normalized spacial score (nSPS) is 29.0. The number of likely N-dealkylation sites (tertiary alicyclic amines) is 1. The average molecular weight is 295 g/mol. The molecule has 1 amide bonds. The van der Waals surface area contributed by atoms with Crippen LogP contribution < -0.4 is 11.1 Å². The van der Waals surface area contributed by atoms with Crippen molar-refractivity contribution in [2.24, 2.45) is 17.6 Å². The Morgan fingerprint density at radius 2 is 1.76 bits per heavy atom. The maximum Gasteiger partial charge on any atom is 0.220 e. The van der Waals surface area contributed by atoms with E-state index in [0.29, 0.717) is 18.3 Å². The highest BCUT2D eigenvalue weighted by atomic mass is 16.1. The maximum absolute atomic E-state index is 12.2. The van der Waals surface area contributed by atoms with Crippen LogP contribution in [0.4, 0.5) is 0 Å². The Labute approximate surface area is 129 Å². The zero-order valence-electron chi connectivity index (χ0n) is 13.7. The molecule has 1 aliphatic carbocycles. The molecule has 0 bridgehead atoms. The van der Waals surface area contributed by atoms with Crippen LogP contribution in [0.5, 0.6) is 0 Å². The zero-order valence-corrected chi connectivity index (χ0v) is 13.7. The Morgan fingerprint density at radius 1 is 1.14 bits per heavy atom. The molecule has 2 fully saturated rings. The second-order valence-electron chi connectivity index (χ2n) is 7.16. The van der Waals surface area contributed by atoms with Crippen LogP contribution in [-0.4, -0.2) is 43.0 Å². The van der Waals surface area contributed by atoms with Gasteiger partial charge in [-0.2, -0.15) is 0 Å². The van der Waals surface area contributed by atoms with Crippen LogP contribution in [0.2, 0.25) is 0 Å². The fourth-order valence-electron chi connectivity index (χ4n) is 3.84. The Bertz CT molecular complexity index is 307. The summed E-state index contributed by atoms with van der Waals surface area (Å²) in [7, 11) is 0. The molecule has 21 heavy (non-hydrogen) atoms. The SMILES string of the molecule is CC(CN1CCCCC1)NC(=O)CC1CCC(CN)CC1. The summed E-state index contributed by atoms with van der Waals surface area (Å²) >= 11 is 0. The summed E-state index contributed by atoms with van der Waals surface area (Å²) in [6, 6.07) is 0.274. The van der Waals surface area contributed by atoms with Gasteiger partial charge in [-0.1, -0.05) is 6.42 Å². The molecule has 1 saturated carbocycles. The summed E-state index contributed by atoms with van der Waals surface area (Å²) in [5, 5.41) is 3.19. The summed E-state index contributed by atoms with van der Waals surface area (Å²) in [6.07, 6.45) is 9.46. The van der Waals surface area contributed by atoms with Crippen LogP contribution in [0, 0.1) is 11.8 Å². The van der Waals surface area contributed by atoms with Gasteiger partial charge in [-0.25, -0.2) is 0 Å². The molecular weight excluding hydrogens is 262 g/mol. The lowest BCUT2D eigenvalue weighted by Gasteiger charge is -2.30. The third-order valence-electron chi connectivity index (χ3n) is 5.16. The van der Waals surface area contributed by atoms with Gasteiger partial charge in [0, 0.05) is 19.0 Å². The van der Waals surface area contributed by atoms with E-state index in [4.69, 9.17) is 5.73 Å². The quantitative estimate of drug-likeness (QED) is 0.789. The topological polar surface area (TPSA) is 58.4 Å². The molecule has 1 atom stereocenters. The van der Waals surface area contributed by atoms with E-state index in [1.54, 1.807) is 0 Å². The molecule has 4 nitrogen and oxygen atoms in total. The Hall–Kier alpha value is -0.610. The summed E-state index contributed by atoms with van der Waals surface area (Å²) in [4.78, 5) is 14.6. The van der Waals surface area contributed by atoms with E-state index in [0.717, 1.165) is 13.1 Å². The summed E-state index contributed by atoms with van der Waals surface area (Å²) < 4.78 is 0. The van der Waals surface area contributed by atoms with E-state index in [2.05, 4.69) is 17.1 Å². The van der Waals surface area contributed by atoms with Crippen molar-refractivity contribution in [2.75, 3.05) is 26.2 Å². The van der Waals surface area contributed by atoms with Crippen LogP contribution in [0.15, 0.2) is 0 Å². The van der Waals surface area contributed by atoms with Gasteiger partial charge in [0.05, 0.1) is 0 Å². The molecule has 1 heterocycles. The number of piperidine rings is 1. The highest BCUT2D eigenvalue weighted by molar-refractivity contribution is 5.76. The van der Waals surface area contributed by atoms with Crippen molar-refractivity contribution >= 4 is 5.91 Å². The van der Waals surface area contributed by atoms with E-state index in [1.807, 2.05) is 0 Å². The summed E-state index contributed by atoms with van der Waals surface area (Å²) in [5.74, 6) is 1.52. The second-order valence-corrected chi connectivity index (χ2v) is 7.16. The predicted octanol–water partition coefficient (Wildman–Crippen LogP) is 2.13. The molecule has 4 heteroatoms. The lowest BCUT2D eigenvalue weighted by atomic mass is 9.80. The molecule has 2 rings (SSSR count). The highest BCUT2D eigenvalue weighted by Crippen LogP contribution is 2.30. The van der Waals surface area contributed by atoms with Crippen LogP contribution in [-0.2, 0) is 4.79 Å². The molecule has 1 saturated heterocycles. The number of hydrogen-bond donors (Lipinski definition) is 2. The molecule has 0 radical (unpaired) electrons. The first kappa shape index (κ1) is 16.8. The molecule has 1 unspecified atom stereocenters. The van der Waals surface area contributed by atoms with E-state index in [1.165, 1.54) is 58.0 Å². The molecule has 3 N–H and O–H groups in total. The maximum atomic E-state index is 12.2. The Kier molecular flexibility index (Phi) is 6.97. The zero-order chi connectivity index (χ0) is 15.1. The van der Waals surface area contributed by atoms with Crippen molar-refractivity contribution in [1.29, 1.82) is 0 Å². The number of nitrogens with zero attached hydrogens (tertiary/aromatic N) is 1. The first-order valence-corrected chi connectivity index (χ1v) is 8.89. The standard InChI is InChI=1S/C17H33N3O/c1-14(13-20-9-3-2-4-10-20)19-17(21)11-15-5-7-16(12-18)8-6-15/h14-16H,2-13,18H2,1H3,(H,19,21). The van der Waals surface area contributed by atoms with Crippen LogP contribution in [0.1, 0.15) is 58.3 Å². The average Bonchev–Trinajstić information content (AvgIpc) is 2.48. The molecule has 2 aliphatic rings. The molecule has 0 aromatic carbocycles. The van der Waals surface area contributed by atoms with Gasteiger partial charge in [-0.3, -0.25) is 4.79 Å². The van der Waals surface area contributed by atoms with Crippen molar-refractivity contribution in [3.63, 3.8) is 0 Å². The van der Waals surface area contributed by atoms with Gasteiger partial charge in [0.15, 0.2) is 0 Å². The minimum absolute atomic E-state index is 0.246. The van der Waals surface area contributed by atoms with Crippen molar-refractivity contribution < 1.29 is 4.79 Å². The number of amides is 1. The molecule has 0 spiro atoms. The van der Waals surface area contributed by atoms with Crippen LogP contribution in [0.25, 0.3) is 0 Å². The smallest absolute Gasteiger partial charge is 0.220 e. The van der Waals surface area contributed by atoms with E-state index < -0.39 is 0 Å². The number of carbonyl (C=O) groups is 1. The van der Waals surface area contributed by atoms with Gasteiger partial charge in [-0.15, -0.1) is 0 Å². The van der Waals surface area contributed by atoms with Crippen LogP contribution >= 0.6 is 0 Å². The van der Waals surface area contributed by atoms with Crippen molar-refractivity contribution in [3.05, 3.63) is 0 Å². The van der Waals surface area contributed by atoms with E-state index in [9.17, 15) is 4.79 Å². The number of carbonyl (C=O) groups excluding carboxylic acids is 1. The lowest BCUT2D eigenvalue weighted by molar-refractivity contribution is -0.123. The highest BCUT2D eigenvalue weighted by Gasteiger charge is 2.23. The predicted molar refractivity (Wildman–Crippen MR) is 87.0 cm³/mol. The number of hydrogen-bond acceptors (Lipinski definition) is 3. The lowest BCUT2D eigenvalue weighted by Crippen LogP contribution is -2.44. The van der Waals surface area contributed by atoms with Gasteiger partial charge in [-0.05, 0) is 76.9 Å². The first-order chi connectivity index (χ1) is 10.2. The molecule has 0 aromatic heterocycles. The van der Waals surface area contributed by atoms with Crippen molar-refractivity contribution in [1.82, 2.24) is 10.2 Å². The molecular formula is C17H33N3O. The molecule has 122 valence electrons. The van der Waals surface area contributed by atoms with Crippen molar-refractivity contribution in [3.8, 4) is 0 Å². The second kappa shape index (κ2) is 8.74. The fraction of sp³-hybridized carbons (Fsp3) is 0.941. The van der Waals surface area contributed by atoms with Gasteiger partial charge in [0.2, 0.25) is 5.91 Å². The minimum atomic E-state index is 0.246. The van der Waals surface area contributed by atoms with E-state index >= 15 is 0 Å². The van der Waals surface area contributed by atoms with Gasteiger partial charge in [0.1, 0.15) is 0 Å². The largest absolute Gasteiger partial charge is 0.352 e. The summed E-state index contributed by atoms with van der Waals surface area (Å²) in [5.41, 5.74) is 5.72. The number of rotatable bonds is 6. The van der Waals surface area contributed by atoms with Crippen molar-refractivity contribution in [2.45, 2.75) is 64.3 Å². The molecule has 1 aliphatic heterocycles. The monoisotopic (exact) mass is 295 g/mol. The minimum Gasteiger partial charge on any atom is -0.352 e. The summed E-state index contributed by atoms with van der Waals surface area (Å²) in [6.45, 7) is 6.35. The van der Waals surface area contributed by atoms with Crippen LogP contribution in [0.3, 0.4) is 0 Å². The van der Waals surface area contributed by atoms with Gasteiger partial charge < -0.3 is 16.0 Å². The number of nitrogens with two attached hydrogens (primary N) is 1. The third kappa shape index (κ3) is 5.95. The molecule has 0 aromatic rings. The first-order valence-electron chi connectivity index (χ1n) is 8.89. The van der Waals surface area contributed by atoms with Gasteiger partial charge >= 0.3 is 0 Å². The third-order valence-corrected chi connectivity index (χ3v) is 5.16. The number of nitrogens with one attached hydrogen (secondary N) is 1.